The van der Waals surface area contributed by atoms with Crippen molar-refractivity contribution in [3.05, 3.63) is 0 Å². The van der Waals surface area contributed by atoms with Gasteiger partial charge in [0.25, 0.3) is 0 Å². The van der Waals surface area contributed by atoms with E-state index in [9.17, 15) is 13.6 Å². The lowest BCUT2D eigenvalue weighted by Crippen LogP contribution is -2.10. The maximum atomic E-state index is 10.7. The molecule has 0 fully saturated rings. The van der Waals surface area contributed by atoms with Gasteiger partial charge in [-0.2, -0.15) is 0 Å². The number of esters is 1. The van der Waals surface area contributed by atoms with Crippen LogP contribution >= 0.6 is 0 Å². The zero-order valence-electron chi connectivity index (χ0n) is 6.78. The van der Waals surface area contributed by atoms with Gasteiger partial charge >= 0.3 is 5.97 Å². The molecule has 12 heavy (non-hydrogen) atoms. The highest BCUT2D eigenvalue weighted by molar-refractivity contribution is 7.74. The van der Waals surface area contributed by atoms with Crippen LogP contribution in [0, 0.1) is 0 Å². The SMILES string of the molecule is CCCC(=O)OCCOS(=O)[O-]. The van der Waals surface area contributed by atoms with E-state index >= 15 is 0 Å². The van der Waals surface area contributed by atoms with Gasteiger partial charge in [-0.05, 0) is 6.42 Å². The maximum absolute atomic E-state index is 10.7. The van der Waals surface area contributed by atoms with Gasteiger partial charge in [-0.1, -0.05) is 6.92 Å². The van der Waals surface area contributed by atoms with Crippen molar-refractivity contribution in [2.75, 3.05) is 13.2 Å². The second-order valence-corrected chi connectivity index (χ2v) is 2.64. The lowest BCUT2D eigenvalue weighted by Gasteiger charge is -2.05. The number of rotatable bonds is 6. The zero-order valence-corrected chi connectivity index (χ0v) is 7.59. The van der Waals surface area contributed by atoms with Crippen molar-refractivity contribution < 1.29 is 22.5 Å². The van der Waals surface area contributed by atoms with Gasteiger partial charge in [0.15, 0.2) is 0 Å². The average molecular weight is 195 g/mol. The minimum atomic E-state index is -2.53. The molecule has 0 heterocycles. The third-order valence-corrected chi connectivity index (χ3v) is 1.34. The molecule has 1 unspecified atom stereocenters. The van der Waals surface area contributed by atoms with Crippen LogP contribution in [0.2, 0.25) is 0 Å². The molecule has 0 rings (SSSR count). The minimum Gasteiger partial charge on any atom is -0.750 e. The molecule has 0 aliphatic carbocycles. The number of carbonyl (C=O) groups excluding carboxylic acids is 1. The van der Waals surface area contributed by atoms with Crippen molar-refractivity contribution in [3.63, 3.8) is 0 Å². The monoisotopic (exact) mass is 195 g/mol. The molecular weight excluding hydrogens is 184 g/mol. The largest absolute Gasteiger partial charge is 0.750 e. The summed E-state index contributed by atoms with van der Waals surface area (Å²) < 4.78 is 28.3. The van der Waals surface area contributed by atoms with Crippen molar-refractivity contribution in [2.45, 2.75) is 19.8 Å². The summed E-state index contributed by atoms with van der Waals surface area (Å²) in [6.07, 6.45) is 1.06. The number of carbonyl (C=O) groups is 1. The van der Waals surface area contributed by atoms with Gasteiger partial charge in [-0.3, -0.25) is 8.98 Å². The van der Waals surface area contributed by atoms with E-state index in [1.165, 1.54) is 0 Å². The summed E-state index contributed by atoms with van der Waals surface area (Å²) in [7, 11) is 0. The zero-order chi connectivity index (χ0) is 9.40. The van der Waals surface area contributed by atoms with E-state index in [0.717, 1.165) is 0 Å². The van der Waals surface area contributed by atoms with Gasteiger partial charge in [0.2, 0.25) is 0 Å². The van der Waals surface area contributed by atoms with Crippen molar-refractivity contribution in [2.24, 2.45) is 0 Å². The highest BCUT2D eigenvalue weighted by Gasteiger charge is 1.99. The van der Waals surface area contributed by atoms with Crippen LogP contribution in [0.25, 0.3) is 0 Å². The lowest BCUT2D eigenvalue weighted by molar-refractivity contribution is -0.144. The third-order valence-electron chi connectivity index (χ3n) is 0.980. The molecule has 0 aromatic heterocycles. The van der Waals surface area contributed by atoms with Crippen LogP contribution in [0.1, 0.15) is 19.8 Å². The smallest absolute Gasteiger partial charge is 0.305 e. The molecule has 0 aliphatic rings. The lowest BCUT2D eigenvalue weighted by atomic mass is 10.3. The number of hydrogen-bond acceptors (Lipinski definition) is 5. The molecule has 0 amide bonds. The van der Waals surface area contributed by atoms with E-state index in [1.807, 2.05) is 6.92 Å². The molecule has 0 aliphatic heterocycles. The fourth-order valence-corrected chi connectivity index (χ4v) is 0.738. The number of ether oxygens (including phenoxy) is 1. The first kappa shape index (κ1) is 11.5. The topological polar surface area (TPSA) is 75.7 Å². The van der Waals surface area contributed by atoms with Crippen LogP contribution in [0.4, 0.5) is 0 Å². The Balaban J connectivity index is 3.19. The van der Waals surface area contributed by atoms with E-state index in [0.29, 0.717) is 12.8 Å². The number of hydrogen-bond donors (Lipinski definition) is 0. The van der Waals surface area contributed by atoms with E-state index in [4.69, 9.17) is 0 Å². The predicted molar refractivity (Wildman–Crippen MR) is 40.7 cm³/mol. The Kier molecular flexibility index (Phi) is 6.93. The van der Waals surface area contributed by atoms with E-state index in [1.54, 1.807) is 0 Å². The van der Waals surface area contributed by atoms with Crippen molar-refractivity contribution >= 4 is 17.3 Å². The third kappa shape index (κ3) is 7.64. The Morgan fingerprint density at radius 2 is 2.17 bits per heavy atom. The molecule has 72 valence electrons. The highest BCUT2D eigenvalue weighted by Crippen LogP contribution is 1.91. The average Bonchev–Trinajstić information content (AvgIpc) is 1.98. The molecule has 5 nitrogen and oxygen atoms in total. The van der Waals surface area contributed by atoms with Gasteiger partial charge in [0.05, 0.1) is 18.0 Å². The molecule has 0 spiro atoms. The summed E-state index contributed by atoms with van der Waals surface area (Å²) in [6, 6.07) is 0. The molecule has 0 aromatic rings. The second kappa shape index (κ2) is 7.20. The molecule has 0 radical (unpaired) electrons. The van der Waals surface area contributed by atoms with Gasteiger partial charge < -0.3 is 9.29 Å². The van der Waals surface area contributed by atoms with Gasteiger partial charge in [-0.15, -0.1) is 0 Å². The highest BCUT2D eigenvalue weighted by atomic mass is 32.2. The van der Waals surface area contributed by atoms with Crippen LogP contribution in [-0.4, -0.2) is 27.9 Å². The van der Waals surface area contributed by atoms with Gasteiger partial charge in [0, 0.05) is 6.42 Å². The maximum Gasteiger partial charge on any atom is 0.305 e. The molecule has 0 saturated heterocycles. The molecule has 0 aromatic carbocycles. The quantitative estimate of drug-likeness (QED) is 0.342. The first-order valence-electron chi connectivity index (χ1n) is 3.55. The van der Waals surface area contributed by atoms with Crippen LogP contribution < -0.4 is 0 Å². The van der Waals surface area contributed by atoms with E-state index in [2.05, 4.69) is 8.92 Å². The molecule has 1 atom stereocenters. The summed E-state index contributed by atoms with van der Waals surface area (Å²) in [5.74, 6) is -0.335. The van der Waals surface area contributed by atoms with Gasteiger partial charge in [0.1, 0.15) is 6.61 Å². The van der Waals surface area contributed by atoms with Crippen LogP contribution in [0.3, 0.4) is 0 Å². The summed E-state index contributed by atoms with van der Waals surface area (Å²) in [4.78, 5) is 10.7. The Hall–Kier alpha value is -0.460. The Morgan fingerprint density at radius 1 is 1.50 bits per heavy atom. The normalized spacial score (nSPS) is 12.5. The Morgan fingerprint density at radius 3 is 2.67 bits per heavy atom. The predicted octanol–water partition coefficient (Wildman–Crippen LogP) is 0.140. The van der Waals surface area contributed by atoms with Crippen molar-refractivity contribution in [1.29, 1.82) is 0 Å². The van der Waals surface area contributed by atoms with Crippen LogP contribution in [0.5, 0.6) is 0 Å². The summed E-state index contributed by atoms with van der Waals surface area (Å²) in [5, 5.41) is 0. The van der Waals surface area contributed by atoms with Crippen LogP contribution in [0.15, 0.2) is 0 Å². The fourth-order valence-electron chi connectivity index (χ4n) is 0.534. The van der Waals surface area contributed by atoms with Crippen molar-refractivity contribution in [1.82, 2.24) is 0 Å². The van der Waals surface area contributed by atoms with Gasteiger partial charge in [-0.25, -0.2) is 4.21 Å². The molecule has 0 saturated carbocycles. The first-order valence-corrected chi connectivity index (χ1v) is 4.55. The molecule has 6 heteroatoms. The minimum absolute atomic E-state index is 0.0210. The molecule has 0 N–H and O–H groups in total. The standard InChI is InChI=1S/C6H12O5S/c1-2-3-6(7)10-4-5-11-12(8)9/h2-5H2,1H3,(H,8,9)/p-1. The van der Waals surface area contributed by atoms with Crippen molar-refractivity contribution in [3.8, 4) is 0 Å². The summed E-state index contributed by atoms with van der Waals surface area (Å²) in [6.45, 7) is 1.71. The fraction of sp³-hybridized carbons (Fsp3) is 0.833. The Labute approximate surface area is 73.5 Å². The summed E-state index contributed by atoms with van der Waals surface area (Å²) in [5.41, 5.74) is 0. The first-order chi connectivity index (χ1) is 5.66. The molecule has 0 bridgehead atoms. The van der Waals surface area contributed by atoms with E-state index in [-0.39, 0.29) is 19.2 Å². The molecular formula is C6H11O5S-. The second-order valence-electron chi connectivity index (χ2n) is 2.00. The summed E-state index contributed by atoms with van der Waals surface area (Å²) >= 11 is -2.53. The Bertz CT molecular complexity index is 158. The van der Waals surface area contributed by atoms with E-state index < -0.39 is 11.4 Å². The van der Waals surface area contributed by atoms with Crippen LogP contribution in [-0.2, 0) is 25.1 Å².